The Balaban J connectivity index is 2.02. The van der Waals surface area contributed by atoms with E-state index in [2.05, 4.69) is 28.6 Å². The Kier molecular flexibility index (Phi) is 3.12. The van der Waals surface area contributed by atoms with E-state index in [1.165, 1.54) is 0 Å². The monoisotopic (exact) mass is 219 g/mol. The average Bonchev–Trinajstić information content (AvgIpc) is 2.30. The lowest BCUT2D eigenvalue weighted by molar-refractivity contribution is 0.485. The van der Waals surface area contributed by atoms with Crippen molar-refractivity contribution in [3.05, 3.63) is 18.3 Å². The van der Waals surface area contributed by atoms with Gasteiger partial charge >= 0.3 is 0 Å². The summed E-state index contributed by atoms with van der Waals surface area (Å²) >= 11 is 4.20. The summed E-state index contributed by atoms with van der Waals surface area (Å²) in [4.78, 5) is 7.42. The van der Waals surface area contributed by atoms with Gasteiger partial charge in [0.2, 0.25) is 0 Å². The number of aromatic nitrogens is 1. The van der Waals surface area contributed by atoms with Crippen LogP contribution in [0.25, 0.3) is 0 Å². The fourth-order valence-electron chi connectivity index (χ4n) is 1.80. The van der Waals surface area contributed by atoms with E-state index in [0.29, 0.717) is 0 Å². The number of hydrogen-bond acceptors (Lipinski definition) is 4. The van der Waals surface area contributed by atoms with Crippen molar-refractivity contribution in [3.8, 4) is 6.07 Å². The highest BCUT2D eigenvalue weighted by Crippen LogP contribution is 2.21. The maximum Gasteiger partial charge on any atom is 0.128 e. The van der Waals surface area contributed by atoms with Crippen LogP contribution in [-0.2, 0) is 0 Å². The molecule has 1 fully saturated rings. The lowest BCUT2D eigenvalue weighted by Gasteiger charge is -2.29. The molecule has 0 bridgehead atoms. The van der Waals surface area contributed by atoms with E-state index >= 15 is 0 Å². The Hall–Kier alpha value is -1.21. The molecule has 3 nitrogen and oxygen atoms in total. The molecule has 0 aromatic carbocycles. The molecule has 1 aliphatic heterocycles. The number of hydrogen-bond donors (Lipinski definition) is 1. The van der Waals surface area contributed by atoms with Crippen molar-refractivity contribution in [2.24, 2.45) is 5.92 Å². The molecule has 1 aliphatic rings. The molecular weight excluding hydrogens is 206 g/mol. The van der Waals surface area contributed by atoms with E-state index in [4.69, 9.17) is 5.26 Å². The quantitative estimate of drug-likeness (QED) is 0.735. The van der Waals surface area contributed by atoms with Gasteiger partial charge in [-0.3, -0.25) is 0 Å². The summed E-state index contributed by atoms with van der Waals surface area (Å²) in [5, 5.41) is 8.79. The molecule has 1 aromatic heterocycles. The third-order valence-corrected chi connectivity index (χ3v) is 3.00. The van der Waals surface area contributed by atoms with Crippen LogP contribution < -0.4 is 4.90 Å². The Labute approximate surface area is 95.1 Å². The molecule has 1 aromatic rings. The number of rotatable bonds is 1. The topological polar surface area (TPSA) is 39.9 Å². The Morgan fingerprint density at radius 1 is 1.40 bits per heavy atom. The summed E-state index contributed by atoms with van der Waals surface area (Å²) in [5.74, 6) is 1.22. The second kappa shape index (κ2) is 4.54. The van der Waals surface area contributed by atoms with E-state index < -0.39 is 0 Å². The molecule has 0 unspecified atom stereocenters. The fraction of sp³-hybridized carbons (Fsp3) is 0.455. The highest BCUT2D eigenvalue weighted by molar-refractivity contribution is 7.80. The molecule has 4 heteroatoms. The molecule has 0 saturated carbocycles. The van der Waals surface area contributed by atoms with E-state index in [9.17, 15) is 0 Å². The van der Waals surface area contributed by atoms with E-state index in [1.54, 1.807) is 6.20 Å². The molecule has 15 heavy (non-hydrogen) atoms. The van der Waals surface area contributed by atoms with Crippen LogP contribution in [0.4, 0.5) is 5.82 Å². The number of thiol groups is 1. The molecule has 0 N–H and O–H groups in total. The summed E-state index contributed by atoms with van der Waals surface area (Å²) < 4.78 is 0. The molecule has 1 saturated heterocycles. The number of piperidine rings is 1. The first-order valence-corrected chi connectivity index (χ1v) is 5.54. The van der Waals surface area contributed by atoms with E-state index in [-0.39, 0.29) is 5.92 Å². The molecule has 2 rings (SSSR count). The third kappa shape index (κ3) is 2.42. The molecule has 2 heterocycles. The van der Waals surface area contributed by atoms with Crippen molar-refractivity contribution in [1.82, 2.24) is 4.98 Å². The summed E-state index contributed by atoms with van der Waals surface area (Å²) in [5.41, 5.74) is 0. The maximum atomic E-state index is 8.79. The number of anilines is 1. The van der Waals surface area contributed by atoms with Crippen LogP contribution in [0.2, 0.25) is 0 Å². The highest BCUT2D eigenvalue weighted by atomic mass is 32.1. The van der Waals surface area contributed by atoms with Crippen LogP contribution in [0.3, 0.4) is 0 Å². The standard InChI is InChI=1S/C11H13N3S/c12-7-9-3-5-14(6-4-9)11-2-1-10(15)8-13-11/h1-2,8-9,15H,3-6H2. The summed E-state index contributed by atoms with van der Waals surface area (Å²) in [6, 6.07) is 6.25. The first-order chi connectivity index (χ1) is 7.29. The lowest BCUT2D eigenvalue weighted by atomic mass is 9.99. The second-order valence-corrected chi connectivity index (χ2v) is 4.28. The predicted octanol–water partition coefficient (Wildman–Crippen LogP) is 2.11. The molecule has 0 radical (unpaired) electrons. The van der Waals surface area contributed by atoms with Crippen molar-refractivity contribution >= 4 is 18.4 Å². The zero-order valence-corrected chi connectivity index (χ0v) is 9.32. The van der Waals surface area contributed by atoms with Crippen molar-refractivity contribution in [2.45, 2.75) is 17.7 Å². The van der Waals surface area contributed by atoms with Crippen molar-refractivity contribution in [1.29, 1.82) is 5.26 Å². The lowest BCUT2D eigenvalue weighted by Crippen LogP contribution is -2.33. The SMILES string of the molecule is N#CC1CCN(c2ccc(S)cn2)CC1. The largest absolute Gasteiger partial charge is 0.357 e. The van der Waals surface area contributed by atoms with Gasteiger partial charge in [0.25, 0.3) is 0 Å². The number of nitriles is 1. The van der Waals surface area contributed by atoms with Gasteiger partial charge in [0, 0.05) is 30.1 Å². The van der Waals surface area contributed by atoms with Crippen LogP contribution in [0.15, 0.2) is 23.2 Å². The molecule has 0 atom stereocenters. The molecule has 0 amide bonds. The van der Waals surface area contributed by atoms with Gasteiger partial charge in [-0.2, -0.15) is 5.26 Å². The average molecular weight is 219 g/mol. The maximum absolute atomic E-state index is 8.79. The van der Waals surface area contributed by atoms with Gasteiger partial charge in [-0.15, -0.1) is 12.6 Å². The van der Waals surface area contributed by atoms with Crippen LogP contribution in [0, 0.1) is 17.2 Å². The zero-order valence-electron chi connectivity index (χ0n) is 8.43. The Morgan fingerprint density at radius 2 is 2.13 bits per heavy atom. The molecule has 0 spiro atoms. The van der Waals surface area contributed by atoms with Crippen LogP contribution in [0.1, 0.15) is 12.8 Å². The minimum atomic E-state index is 0.227. The van der Waals surface area contributed by atoms with E-state index in [0.717, 1.165) is 36.6 Å². The van der Waals surface area contributed by atoms with Crippen LogP contribution in [0.5, 0.6) is 0 Å². The van der Waals surface area contributed by atoms with Gasteiger partial charge in [-0.1, -0.05) is 0 Å². The summed E-state index contributed by atoms with van der Waals surface area (Å²) in [6.45, 7) is 1.86. The minimum absolute atomic E-state index is 0.227. The highest BCUT2D eigenvalue weighted by Gasteiger charge is 2.19. The predicted molar refractivity (Wildman–Crippen MR) is 62.0 cm³/mol. The summed E-state index contributed by atoms with van der Waals surface area (Å²) in [6.07, 6.45) is 3.65. The molecule has 0 aliphatic carbocycles. The van der Waals surface area contributed by atoms with Gasteiger partial charge in [0.15, 0.2) is 0 Å². The third-order valence-electron chi connectivity index (χ3n) is 2.73. The van der Waals surface area contributed by atoms with Crippen molar-refractivity contribution < 1.29 is 0 Å². The van der Waals surface area contributed by atoms with Crippen molar-refractivity contribution in [3.63, 3.8) is 0 Å². The van der Waals surface area contributed by atoms with E-state index in [1.807, 2.05) is 12.1 Å². The van der Waals surface area contributed by atoms with Gasteiger partial charge < -0.3 is 4.90 Å². The minimum Gasteiger partial charge on any atom is -0.357 e. The fourth-order valence-corrected chi connectivity index (χ4v) is 1.94. The molecule has 78 valence electrons. The molecular formula is C11H13N3S. The van der Waals surface area contributed by atoms with Crippen LogP contribution in [-0.4, -0.2) is 18.1 Å². The first-order valence-electron chi connectivity index (χ1n) is 5.09. The Bertz CT molecular complexity index is 360. The smallest absolute Gasteiger partial charge is 0.128 e. The summed E-state index contributed by atoms with van der Waals surface area (Å²) in [7, 11) is 0. The van der Waals surface area contributed by atoms with Gasteiger partial charge in [-0.25, -0.2) is 4.98 Å². The number of pyridine rings is 1. The zero-order chi connectivity index (χ0) is 10.7. The Morgan fingerprint density at radius 3 is 2.67 bits per heavy atom. The number of nitrogens with zero attached hydrogens (tertiary/aromatic N) is 3. The van der Waals surface area contributed by atoms with Gasteiger partial charge in [0.05, 0.1) is 6.07 Å². The second-order valence-electron chi connectivity index (χ2n) is 3.77. The van der Waals surface area contributed by atoms with Gasteiger partial charge in [0.1, 0.15) is 5.82 Å². The van der Waals surface area contributed by atoms with Crippen molar-refractivity contribution in [2.75, 3.05) is 18.0 Å². The first kappa shape index (κ1) is 10.3. The van der Waals surface area contributed by atoms with Gasteiger partial charge in [-0.05, 0) is 25.0 Å². The van der Waals surface area contributed by atoms with Crippen LogP contribution >= 0.6 is 12.6 Å². The normalized spacial score (nSPS) is 17.5.